The number of aromatic nitrogens is 4. The van der Waals surface area contributed by atoms with E-state index in [1.807, 2.05) is 18.2 Å². The molecule has 0 amide bonds. The highest BCUT2D eigenvalue weighted by Crippen LogP contribution is 2.34. The summed E-state index contributed by atoms with van der Waals surface area (Å²) in [5.74, 6) is 0.753. The second-order valence-electron chi connectivity index (χ2n) is 7.99. The van der Waals surface area contributed by atoms with Crippen molar-refractivity contribution in [1.29, 1.82) is 0 Å². The first kappa shape index (κ1) is 20.6. The van der Waals surface area contributed by atoms with Crippen molar-refractivity contribution in [3.63, 3.8) is 0 Å². The number of hydrogen-bond donors (Lipinski definition) is 2. The second-order valence-corrected chi connectivity index (χ2v) is 9.80. The van der Waals surface area contributed by atoms with E-state index in [0.717, 1.165) is 38.8 Å². The van der Waals surface area contributed by atoms with E-state index in [0.29, 0.717) is 35.7 Å². The van der Waals surface area contributed by atoms with E-state index in [-0.39, 0.29) is 17.9 Å². The van der Waals surface area contributed by atoms with Crippen molar-refractivity contribution in [2.24, 2.45) is 0 Å². The molecule has 0 unspecified atom stereocenters. The van der Waals surface area contributed by atoms with Gasteiger partial charge in [0.15, 0.2) is 5.82 Å². The number of nitrogens with zero attached hydrogens (tertiary/aromatic N) is 4. The monoisotopic (exact) mass is 446 g/mol. The Kier molecular flexibility index (Phi) is 5.74. The molecule has 0 spiro atoms. The van der Waals surface area contributed by atoms with E-state index in [4.69, 9.17) is 9.26 Å². The molecular formula is C20H26N6O4S. The van der Waals surface area contributed by atoms with Crippen molar-refractivity contribution < 1.29 is 17.7 Å². The number of sulfonamides is 1. The third kappa shape index (κ3) is 4.22. The van der Waals surface area contributed by atoms with Crippen molar-refractivity contribution in [1.82, 2.24) is 29.7 Å². The fraction of sp³-hybridized carbons (Fsp3) is 0.550. The van der Waals surface area contributed by atoms with Crippen LogP contribution in [0.5, 0.6) is 0 Å². The first-order valence-electron chi connectivity index (χ1n) is 10.7. The molecule has 3 aromatic rings. The Labute approximate surface area is 180 Å². The number of H-pyrrole nitrogens is 1. The minimum Gasteiger partial charge on any atom is -0.368 e. The number of nitrogens with one attached hydrogen (secondary N) is 2. The van der Waals surface area contributed by atoms with Gasteiger partial charge in [-0.3, -0.25) is 0 Å². The maximum atomic E-state index is 13.4. The summed E-state index contributed by atoms with van der Waals surface area (Å²) in [6, 6.07) is 6.78. The summed E-state index contributed by atoms with van der Waals surface area (Å²) in [5, 5.41) is 7.33. The molecule has 0 aliphatic carbocycles. The van der Waals surface area contributed by atoms with Crippen LogP contribution in [0.1, 0.15) is 49.9 Å². The first-order chi connectivity index (χ1) is 15.1. The third-order valence-electron chi connectivity index (χ3n) is 5.88. The molecule has 2 N–H and O–H groups in total. The highest BCUT2D eigenvalue weighted by Gasteiger charge is 2.38. The van der Waals surface area contributed by atoms with Gasteiger partial charge in [0, 0.05) is 6.54 Å². The summed E-state index contributed by atoms with van der Waals surface area (Å²) < 4.78 is 39.5. The largest absolute Gasteiger partial charge is 0.368 e. The lowest BCUT2D eigenvalue weighted by molar-refractivity contribution is 0.00859. The minimum atomic E-state index is -3.83. The third-order valence-corrected chi connectivity index (χ3v) is 7.62. The van der Waals surface area contributed by atoms with Crippen molar-refractivity contribution >= 4 is 21.1 Å². The predicted octanol–water partition coefficient (Wildman–Crippen LogP) is 2.13. The number of imidazole rings is 1. The lowest BCUT2D eigenvalue weighted by Gasteiger charge is -2.31. The number of aromatic amines is 1. The lowest BCUT2D eigenvalue weighted by atomic mass is 10.0. The highest BCUT2D eigenvalue weighted by molar-refractivity contribution is 7.89. The number of hydrogen-bond acceptors (Lipinski definition) is 8. The minimum absolute atomic E-state index is 0.0569. The molecule has 2 aromatic heterocycles. The van der Waals surface area contributed by atoms with Gasteiger partial charge < -0.3 is 19.6 Å². The first-order valence-corrected chi connectivity index (χ1v) is 12.2. The van der Waals surface area contributed by atoms with Gasteiger partial charge in [-0.25, -0.2) is 13.4 Å². The Morgan fingerprint density at radius 1 is 1.13 bits per heavy atom. The van der Waals surface area contributed by atoms with E-state index in [2.05, 4.69) is 25.4 Å². The highest BCUT2D eigenvalue weighted by atomic mass is 32.2. The van der Waals surface area contributed by atoms with Crippen LogP contribution >= 0.6 is 0 Å². The molecule has 4 heterocycles. The van der Waals surface area contributed by atoms with E-state index in [1.54, 1.807) is 6.07 Å². The van der Waals surface area contributed by atoms with Gasteiger partial charge in [0.2, 0.25) is 5.16 Å². The van der Waals surface area contributed by atoms with Gasteiger partial charge in [0.05, 0.1) is 23.2 Å². The molecular weight excluding hydrogens is 420 g/mol. The molecule has 2 aliphatic heterocycles. The van der Waals surface area contributed by atoms with Gasteiger partial charge in [-0.15, -0.1) is 0 Å². The summed E-state index contributed by atoms with van der Waals surface area (Å²) in [4.78, 5) is 11.7. The molecule has 2 fully saturated rings. The van der Waals surface area contributed by atoms with Gasteiger partial charge in [0.25, 0.3) is 15.9 Å². The van der Waals surface area contributed by atoms with Crippen molar-refractivity contribution in [3.8, 4) is 0 Å². The summed E-state index contributed by atoms with van der Waals surface area (Å²) in [6.07, 6.45) is 4.39. The molecule has 31 heavy (non-hydrogen) atoms. The SMILES string of the molecule is O=S(=O)(c1nc2ccccc2[nH]1)N1CCCC[C@H]1c1noc(COC2CCNCC2)n1. The smallest absolute Gasteiger partial charge is 0.277 e. The normalized spacial score (nSPS) is 21.6. The van der Waals surface area contributed by atoms with Gasteiger partial charge in [-0.2, -0.15) is 9.29 Å². The molecule has 5 rings (SSSR count). The van der Waals surface area contributed by atoms with Gasteiger partial charge in [0.1, 0.15) is 6.61 Å². The zero-order valence-corrected chi connectivity index (χ0v) is 18.0. The molecule has 10 nitrogen and oxygen atoms in total. The van der Waals surface area contributed by atoms with Crippen LogP contribution in [0.25, 0.3) is 11.0 Å². The van der Waals surface area contributed by atoms with Crippen molar-refractivity contribution in [3.05, 3.63) is 36.0 Å². The van der Waals surface area contributed by atoms with Gasteiger partial charge in [-0.05, 0) is 50.9 Å². The van der Waals surface area contributed by atoms with Gasteiger partial charge in [-0.1, -0.05) is 23.7 Å². The fourth-order valence-corrected chi connectivity index (χ4v) is 5.81. The summed E-state index contributed by atoms with van der Waals surface area (Å²) >= 11 is 0. The van der Waals surface area contributed by atoms with Crippen molar-refractivity contribution in [2.45, 2.75) is 56.0 Å². The van der Waals surface area contributed by atoms with E-state index >= 15 is 0 Å². The van der Waals surface area contributed by atoms with Gasteiger partial charge >= 0.3 is 0 Å². The van der Waals surface area contributed by atoms with Crippen LogP contribution in [0, 0.1) is 0 Å². The van der Waals surface area contributed by atoms with Crippen LogP contribution in [0.4, 0.5) is 0 Å². The molecule has 166 valence electrons. The average molecular weight is 447 g/mol. The Morgan fingerprint density at radius 3 is 2.81 bits per heavy atom. The zero-order chi connectivity index (χ0) is 21.3. The second kappa shape index (κ2) is 8.65. The molecule has 11 heteroatoms. The average Bonchev–Trinajstić information content (AvgIpc) is 3.46. The summed E-state index contributed by atoms with van der Waals surface area (Å²) in [5.41, 5.74) is 1.30. The van der Waals surface area contributed by atoms with Crippen LogP contribution in [0.2, 0.25) is 0 Å². The number of ether oxygens (including phenoxy) is 1. The zero-order valence-electron chi connectivity index (χ0n) is 17.2. The molecule has 0 saturated carbocycles. The molecule has 1 aromatic carbocycles. The Bertz CT molecular complexity index is 1100. The number of piperidine rings is 2. The molecule has 2 saturated heterocycles. The lowest BCUT2D eigenvalue weighted by Crippen LogP contribution is -2.39. The van der Waals surface area contributed by atoms with Crippen LogP contribution in [0.3, 0.4) is 0 Å². The predicted molar refractivity (Wildman–Crippen MR) is 112 cm³/mol. The molecule has 0 bridgehead atoms. The maximum absolute atomic E-state index is 13.4. The van der Waals surface area contributed by atoms with Crippen molar-refractivity contribution in [2.75, 3.05) is 19.6 Å². The summed E-state index contributed by atoms with van der Waals surface area (Å²) in [7, 11) is -3.83. The summed E-state index contributed by atoms with van der Waals surface area (Å²) in [6.45, 7) is 2.51. The Morgan fingerprint density at radius 2 is 1.97 bits per heavy atom. The van der Waals surface area contributed by atoms with Crippen LogP contribution in [-0.4, -0.2) is 58.6 Å². The molecule has 0 radical (unpaired) electrons. The van der Waals surface area contributed by atoms with Crippen LogP contribution < -0.4 is 5.32 Å². The van der Waals surface area contributed by atoms with E-state index < -0.39 is 16.1 Å². The number of para-hydroxylation sites is 2. The quantitative estimate of drug-likeness (QED) is 0.590. The Hall–Kier alpha value is -2.34. The van der Waals surface area contributed by atoms with E-state index in [1.165, 1.54) is 4.31 Å². The maximum Gasteiger partial charge on any atom is 0.277 e. The standard InChI is InChI=1S/C20H26N6O4S/c27-31(28,20-22-15-5-1-2-6-16(15)23-20)26-12-4-3-7-17(26)19-24-18(30-25-19)13-29-14-8-10-21-11-9-14/h1-2,5-6,14,17,21H,3-4,7-13H2,(H,22,23)/t17-/m0/s1. The van der Waals surface area contributed by atoms with Crippen LogP contribution in [0.15, 0.2) is 33.9 Å². The number of rotatable bonds is 6. The molecule has 1 atom stereocenters. The number of benzene rings is 1. The fourth-order valence-electron chi connectivity index (χ4n) is 4.23. The van der Waals surface area contributed by atoms with Crippen LogP contribution in [-0.2, 0) is 21.4 Å². The topological polar surface area (TPSA) is 126 Å². The molecule has 2 aliphatic rings. The Balaban J connectivity index is 1.35. The number of fused-ring (bicyclic) bond motifs is 1. The van der Waals surface area contributed by atoms with E-state index in [9.17, 15) is 8.42 Å².